The van der Waals surface area contributed by atoms with Gasteiger partial charge in [0.25, 0.3) is 0 Å². The lowest BCUT2D eigenvalue weighted by atomic mass is 9.95. The van der Waals surface area contributed by atoms with E-state index in [1.54, 1.807) is 0 Å². The normalized spacial score (nSPS) is 29.0. The molecule has 4 aromatic rings. The number of fused-ring (bicyclic) bond motifs is 5. The van der Waals surface area contributed by atoms with Gasteiger partial charge in [0.1, 0.15) is 41.4 Å². The zero-order valence-electron chi connectivity index (χ0n) is 27.4. The van der Waals surface area contributed by atoms with Gasteiger partial charge in [-0.3, -0.25) is 9.88 Å². The van der Waals surface area contributed by atoms with Crippen molar-refractivity contribution < 1.29 is 27.1 Å². The molecule has 8 nitrogen and oxygen atoms in total. The number of halogens is 3. The number of terminal acetylenes is 1. The molecule has 0 amide bonds. The van der Waals surface area contributed by atoms with Crippen molar-refractivity contribution in [3.8, 4) is 35.4 Å². The summed E-state index contributed by atoms with van der Waals surface area (Å²) in [6.07, 6.45) is 9.14. The minimum absolute atomic E-state index is 0.0708. The molecule has 0 radical (unpaired) electrons. The molecule has 6 heterocycles. The highest BCUT2D eigenvalue weighted by atomic mass is 19.1. The maximum absolute atomic E-state index is 16.9. The molecule has 4 fully saturated rings. The zero-order valence-corrected chi connectivity index (χ0v) is 24.4. The second kappa shape index (κ2) is 10.2. The number of piperazine rings is 1. The molecule has 232 valence electrons. The topological polar surface area (TPSA) is 86.6 Å². The number of phenolic OH excluding ortho intramolecular Hbond substituents is 1. The fourth-order valence-corrected chi connectivity index (χ4v) is 7.95. The van der Waals surface area contributed by atoms with Gasteiger partial charge in [0.15, 0.2) is 5.82 Å². The maximum Gasteiger partial charge on any atom is 0.319 e. The van der Waals surface area contributed by atoms with Crippen molar-refractivity contribution in [3.05, 3.63) is 47.7 Å². The molecular formula is C34H33F3N6O2. The van der Waals surface area contributed by atoms with E-state index in [4.69, 9.17) is 20.3 Å². The monoisotopic (exact) mass is 617 g/mol. The summed E-state index contributed by atoms with van der Waals surface area (Å²) in [6, 6.07) is 5.03. The van der Waals surface area contributed by atoms with Gasteiger partial charge in [-0.25, -0.2) is 13.2 Å². The Hall–Kier alpha value is -4.14. The van der Waals surface area contributed by atoms with Crippen molar-refractivity contribution in [2.45, 2.75) is 62.2 Å². The summed E-state index contributed by atoms with van der Waals surface area (Å²) in [7, 11) is 0. The third kappa shape index (κ3) is 4.57. The molecule has 8 rings (SSSR count). The van der Waals surface area contributed by atoms with Crippen molar-refractivity contribution in [1.29, 1.82) is 0 Å². The molecule has 4 saturated heterocycles. The first-order valence-electron chi connectivity index (χ1n) is 16.7. The van der Waals surface area contributed by atoms with Crippen LogP contribution < -0.4 is 15.0 Å². The minimum Gasteiger partial charge on any atom is -0.508 e. The highest BCUT2D eigenvalue weighted by Crippen LogP contribution is 2.42. The van der Waals surface area contributed by atoms with Gasteiger partial charge in [-0.1, -0.05) is 12.0 Å². The van der Waals surface area contributed by atoms with Gasteiger partial charge in [-0.05, 0) is 62.7 Å². The first-order valence-corrected chi connectivity index (χ1v) is 15.2. The number of nitrogens with one attached hydrogen (secondary N) is 1. The Labute approximate surface area is 262 Å². The van der Waals surface area contributed by atoms with Crippen LogP contribution in [0.3, 0.4) is 0 Å². The fourth-order valence-electron chi connectivity index (χ4n) is 7.95. The van der Waals surface area contributed by atoms with E-state index in [0.717, 1.165) is 19.4 Å². The number of pyridine rings is 1. The summed E-state index contributed by atoms with van der Waals surface area (Å²) in [5.74, 6) is 0.841. The SMILES string of the molecule is [2H]C([2H])([2H])[C@]12CC[C@H](CN(c3nc(OC[C@@]45CCCN4C[C@H](F)C5)nc4c(F)c(-c5cc(O)cc6ccc(F)c(C#C)c56)ncc34)C1)N2. The second-order valence-electron chi connectivity index (χ2n) is 12.9. The molecule has 4 aliphatic heterocycles. The van der Waals surface area contributed by atoms with Gasteiger partial charge in [-0.2, -0.15) is 9.97 Å². The quantitative estimate of drug-likeness (QED) is 0.300. The Morgan fingerprint density at radius 2 is 2.13 bits per heavy atom. The van der Waals surface area contributed by atoms with E-state index < -0.39 is 35.7 Å². The van der Waals surface area contributed by atoms with Crippen LogP contribution in [0.1, 0.15) is 48.6 Å². The zero-order chi connectivity index (χ0) is 33.6. The lowest BCUT2D eigenvalue weighted by molar-refractivity contribution is 0.107. The van der Waals surface area contributed by atoms with Crippen LogP contribution in [0, 0.1) is 24.0 Å². The van der Waals surface area contributed by atoms with Crippen LogP contribution in [-0.2, 0) is 0 Å². The summed E-state index contributed by atoms with van der Waals surface area (Å²) in [5.41, 5.74) is -2.11. The summed E-state index contributed by atoms with van der Waals surface area (Å²) < 4.78 is 77.4. The Balaban J connectivity index is 1.29. The lowest BCUT2D eigenvalue weighted by Crippen LogP contribution is -2.58. The van der Waals surface area contributed by atoms with Gasteiger partial charge in [0, 0.05) is 58.9 Å². The molecule has 0 saturated carbocycles. The van der Waals surface area contributed by atoms with Crippen molar-refractivity contribution in [2.24, 2.45) is 0 Å². The largest absolute Gasteiger partial charge is 0.508 e. The van der Waals surface area contributed by atoms with Crippen LogP contribution in [0.4, 0.5) is 19.0 Å². The predicted octanol–water partition coefficient (Wildman–Crippen LogP) is 5.10. The molecule has 11 heteroatoms. The number of phenols is 1. The molecule has 0 aliphatic carbocycles. The number of alkyl halides is 1. The Morgan fingerprint density at radius 3 is 2.98 bits per heavy atom. The first kappa shape index (κ1) is 25.1. The summed E-state index contributed by atoms with van der Waals surface area (Å²) >= 11 is 0. The van der Waals surface area contributed by atoms with Gasteiger partial charge in [0.2, 0.25) is 0 Å². The molecule has 2 aromatic heterocycles. The molecule has 2 aromatic carbocycles. The van der Waals surface area contributed by atoms with E-state index in [9.17, 15) is 13.9 Å². The van der Waals surface area contributed by atoms with Gasteiger partial charge in [0.05, 0.1) is 16.5 Å². The fraction of sp³-hybridized carbons (Fsp3) is 0.441. The number of benzene rings is 2. The van der Waals surface area contributed by atoms with Crippen LogP contribution in [0.2, 0.25) is 0 Å². The number of anilines is 1. The number of rotatable bonds is 5. The molecule has 0 spiro atoms. The predicted molar refractivity (Wildman–Crippen MR) is 165 cm³/mol. The van der Waals surface area contributed by atoms with Crippen LogP contribution in [0.15, 0.2) is 30.5 Å². The van der Waals surface area contributed by atoms with Crippen LogP contribution in [0.25, 0.3) is 32.9 Å². The highest BCUT2D eigenvalue weighted by Gasteiger charge is 2.49. The third-order valence-corrected chi connectivity index (χ3v) is 9.93. The van der Waals surface area contributed by atoms with Gasteiger partial charge >= 0.3 is 6.01 Å². The van der Waals surface area contributed by atoms with E-state index in [-0.39, 0.29) is 69.9 Å². The van der Waals surface area contributed by atoms with E-state index in [1.165, 1.54) is 30.5 Å². The molecule has 0 unspecified atom stereocenters. The van der Waals surface area contributed by atoms with Crippen LogP contribution in [0.5, 0.6) is 11.8 Å². The molecule has 2 N–H and O–H groups in total. The molecule has 45 heavy (non-hydrogen) atoms. The minimum atomic E-state index is -2.31. The van der Waals surface area contributed by atoms with Crippen molar-refractivity contribution in [2.75, 3.05) is 37.7 Å². The molecule has 2 bridgehead atoms. The standard InChI is InChI=1S/C34H33F3N6O2/c1-3-23-26(36)6-5-19-11-22(44)12-24(27(19)23)29-28(37)30-25(14-38-29)31(42-16-21-7-9-33(2,17-42)41-21)40-32(39-30)45-18-34-8-4-10-43(34)15-20(35)13-34/h1,5-6,11-12,14,20-21,41,44H,4,7-10,13,15-18H2,2H3/t20-,21-,33+,34+/m1/s1/i2D3. The van der Waals surface area contributed by atoms with Gasteiger partial charge < -0.3 is 20.1 Å². The molecule has 4 atom stereocenters. The number of ether oxygens (including phenoxy) is 1. The van der Waals surface area contributed by atoms with Crippen LogP contribution in [-0.4, -0.2) is 81.0 Å². The highest BCUT2D eigenvalue weighted by molar-refractivity contribution is 6.03. The van der Waals surface area contributed by atoms with Crippen molar-refractivity contribution in [1.82, 2.24) is 25.2 Å². The average molecular weight is 618 g/mol. The summed E-state index contributed by atoms with van der Waals surface area (Å²) in [4.78, 5) is 17.6. The second-order valence-corrected chi connectivity index (χ2v) is 12.9. The average Bonchev–Trinajstić information content (AvgIpc) is 3.68. The van der Waals surface area contributed by atoms with Crippen molar-refractivity contribution in [3.63, 3.8) is 0 Å². The van der Waals surface area contributed by atoms with Crippen molar-refractivity contribution >= 4 is 27.5 Å². The summed E-state index contributed by atoms with van der Waals surface area (Å²) in [6.45, 7) is -0.628. The number of aromatic hydroxyl groups is 1. The van der Waals surface area contributed by atoms with Crippen LogP contribution >= 0.6 is 0 Å². The van der Waals surface area contributed by atoms with E-state index in [0.29, 0.717) is 37.7 Å². The smallest absolute Gasteiger partial charge is 0.319 e. The number of hydrogen-bond acceptors (Lipinski definition) is 8. The third-order valence-electron chi connectivity index (χ3n) is 9.93. The maximum atomic E-state index is 16.9. The number of hydrogen-bond donors (Lipinski definition) is 2. The Bertz CT molecular complexity index is 2030. The Morgan fingerprint density at radius 1 is 1.24 bits per heavy atom. The number of nitrogens with zero attached hydrogens (tertiary/aromatic N) is 5. The van der Waals surface area contributed by atoms with E-state index in [2.05, 4.69) is 26.1 Å². The van der Waals surface area contributed by atoms with Gasteiger partial charge in [-0.15, -0.1) is 6.42 Å². The van der Waals surface area contributed by atoms with E-state index in [1.807, 2.05) is 4.90 Å². The molecular weight excluding hydrogens is 581 g/mol. The summed E-state index contributed by atoms with van der Waals surface area (Å²) in [5, 5.41) is 14.7. The first-order chi connectivity index (χ1) is 22.9. The Kier molecular flexibility index (Phi) is 5.68. The lowest BCUT2D eigenvalue weighted by Gasteiger charge is -2.40. The van der Waals surface area contributed by atoms with E-state index >= 15 is 4.39 Å². The number of aromatic nitrogens is 3. The molecule has 4 aliphatic rings.